The summed E-state index contributed by atoms with van der Waals surface area (Å²) in [6.07, 6.45) is 0.399. The third kappa shape index (κ3) is 2.82. The molecule has 0 fully saturated rings. The molecule has 20 heavy (non-hydrogen) atoms. The minimum absolute atomic E-state index is 0.130. The monoisotopic (exact) mass is 281 g/mol. The molecule has 2 heterocycles. The Morgan fingerprint density at radius 2 is 2.15 bits per heavy atom. The lowest BCUT2D eigenvalue weighted by Crippen LogP contribution is -2.18. The maximum atomic E-state index is 12.0. The van der Waals surface area contributed by atoms with Crippen LogP contribution < -0.4 is 5.56 Å². The molecule has 7 heteroatoms. The van der Waals surface area contributed by atoms with Gasteiger partial charge in [-0.2, -0.15) is 9.72 Å². The predicted molar refractivity (Wildman–Crippen MR) is 70.5 cm³/mol. The van der Waals surface area contributed by atoms with Crippen molar-refractivity contribution < 1.29 is 13.8 Å². The Morgan fingerprint density at radius 3 is 2.75 bits per heavy atom. The van der Waals surface area contributed by atoms with E-state index in [2.05, 4.69) is 10.1 Å². The van der Waals surface area contributed by atoms with Gasteiger partial charge in [0.15, 0.2) is 5.82 Å². The predicted octanol–water partition coefficient (Wildman–Crippen LogP) is 1.84. The van der Waals surface area contributed by atoms with Gasteiger partial charge in [-0.05, 0) is 27.2 Å². The molecule has 1 atom stereocenters. The molecule has 2 aromatic heterocycles. The SMILES string of the molecule is CCOC(C)c1noc(Cn2oc(C)c(CC)c2=O)n1. The molecule has 0 aliphatic heterocycles. The fourth-order valence-corrected chi connectivity index (χ4v) is 2.01. The Bertz CT molecular complexity index is 626. The third-order valence-corrected chi connectivity index (χ3v) is 3.05. The lowest BCUT2D eigenvalue weighted by atomic mass is 10.2. The molecule has 0 radical (unpaired) electrons. The second-order valence-electron chi connectivity index (χ2n) is 4.47. The smallest absolute Gasteiger partial charge is 0.286 e. The lowest BCUT2D eigenvalue weighted by molar-refractivity contribution is 0.0683. The van der Waals surface area contributed by atoms with Gasteiger partial charge < -0.3 is 13.8 Å². The lowest BCUT2D eigenvalue weighted by Gasteiger charge is -2.04. The summed E-state index contributed by atoms with van der Waals surface area (Å²) < 4.78 is 17.1. The van der Waals surface area contributed by atoms with Crippen molar-refractivity contribution in [3.63, 3.8) is 0 Å². The summed E-state index contributed by atoms with van der Waals surface area (Å²) in [5, 5.41) is 3.84. The number of ether oxygens (including phenoxy) is 1. The quantitative estimate of drug-likeness (QED) is 0.803. The van der Waals surface area contributed by atoms with Crippen LogP contribution in [-0.4, -0.2) is 21.5 Å². The fourth-order valence-electron chi connectivity index (χ4n) is 2.01. The summed E-state index contributed by atoms with van der Waals surface area (Å²) in [5.74, 6) is 1.42. The maximum Gasteiger partial charge on any atom is 0.286 e. The van der Waals surface area contributed by atoms with E-state index in [1.807, 2.05) is 20.8 Å². The molecule has 0 aliphatic carbocycles. The van der Waals surface area contributed by atoms with Crippen molar-refractivity contribution in [2.75, 3.05) is 6.61 Å². The molecule has 0 spiro atoms. The van der Waals surface area contributed by atoms with Crippen LogP contribution >= 0.6 is 0 Å². The van der Waals surface area contributed by atoms with Crippen molar-refractivity contribution in [1.82, 2.24) is 14.9 Å². The van der Waals surface area contributed by atoms with Crippen LogP contribution in [0, 0.1) is 6.92 Å². The molecule has 0 aromatic carbocycles. The van der Waals surface area contributed by atoms with E-state index in [1.165, 1.54) is 4.74 Å². The van der Waals surface area contributed by atoms with Crippen LogP contribution in [0.5, 0.6) is 0 Å². The van der Waals surface area contributed by atoms with Crippen LogP contribution in [-0.2, 0) is 17.7 Å². The molecule has 0 N–H and O–H groups in total. The average molecular weight is 281 g/mol. The molecule has 0 aliphatic rings. The van der Waals surface area contributed by atoms with Crippen LogP contribution in [0.15, 0.2) is 13.8 Å². The molecule has 0 saturated carbocycles. The van der Waals surface area contributed by atoms with Crippen molar-refractivity contribution in [2.24, 2.45) is 0 Å². The van der Waals surface area contributed by atoms with Gasteiger partial charge in [0.25, 0.3) is 5.56 Å². The minimum atomic E-state index is -0.237. The number of nitrogens with zero attached hydrogens (tertiary/aromatic N) is 3. The number of aryl methyl sites for hydroxylation is 1. The first-order valence-corrected chi connectivity index (χ1v) is 6.70. The molecule has 1 unspecified atom stereocenters. The van der Waals surface area contributed by atoms with E-state index in [-0.39, 0.29) is 18.2 Å². The second-order valence-corrected chi connectivity index (χ2v) is 4.47. The summed E-state index contributed by atoms with van der Waals surface area (Å²) in [6.45, 7) is 8.13. The van der Waals surface area contributed by atoms with Crippen LogP contribution in [0.2, 0.25) is 0 Å². The average Bonchev–Trinajstić information content (AvgIpc) is 2.97. The molecule has 110 valence electrons. The van der Waals surface area contributed by atoms with Gasteiger partial charge in [0.2, 0.25) is 5.89 Å². The summed E-state index contributed by atoms with van der Waals surface area (Å²) in [7, 11) is 0. The highest BCUT2D eigenvalue weighted by Gasteiger charge is 2.17. The van der Waals surface area contributed by atoms with E-state index < -0.39 is 0 Å². The van der Waals surface area contributed by atoms with E-state index in [1.54, 1.807) is 6.92 Å². The van der Waals surface area contributed by atoms with E-state index >= 15 is 0 Å². The normalized spacial score (nSPS) is 12.8. The standard InChI is InChI=1S/C13H19N3O4/c1-5-10-8(3)20-16(13(10)17)7-11-14-12(15-19-11)9(4)18-6-2/h9H,5-7H2,1-4H3. The Kier molecular flexibility index (Phi) is 4.39. The number of rotatable bonds is 6. The first kappa shape index (κ1) is 14.5. The van der Waals surface area contributed by atoms with Gasteiger partial charge in [0, 0.05) is 6.61 Å². The van der Waals surface area contributed by atoms with E-state index in [0.29, 0.717) is 36.1 Å². The zero-order valence-corrected chi connectivity index (χ0v) is 12.2. The van der Waals surface area contributed by atoms with Gasteiger partial charge in [-0.3, -0.25) is 4.79 Å². The maximum absolute atomic E-state index is 12.0. The minimum Gasteiger partial charge on any atom is -0.380 e. The second kappa shape index (κ2) is 6.04. The molecule has 2 aromatic rings. The number of aromatic nitrogens is 3. The molecule has 0 saturated heterocycles. The highest BCUT2D eigenvalue weighted by molar-refractivity contribution is 5.12. The molecule has 7 nitrogen and oxygen atoms in total. The van der Waals surface area contributed by atoms with Crippen molar-refractivity contribution in [2.45, 2.75) is 46.8 Å². The Hall–Kier alpha value is -1.89. The van der Waals surface area contributed by atoms with Gasteiger partial charge in [-0.1, -0.05) is 12.1 Å². The Balaban J connectivity index is 2.17. The molecule has 0 bridgehead atoms. The number of hydrogen-bond acceptors (Lipinski definition) is 6. The Morgan fingerprint density at radius 1 is 1.40 bits per heavy atom. The summed E-state index contributed by atoms with van der Waals surface area (Å²) >= 11 is 0. The van der Waals surface area contributed by atoms with Crippen molar-refractivity contribution in [1.29, 1.82) is 0 Å². The number of hydrogen-bond donors (Lipinski definition) is 0. The largest absolute Gasteiger partial charge is 0.380 e. The first-order chi connectivity index (χ1) is 9.56. The van der Waals surface area contributed by atoms with Crippen LogP contribution in [0.3, 0.4) is 0 Å². The highest BCUT2D eigenvalue weighted by Crippen LogP contribution is 2.13. The van der Waals surface area contributed by atoms with Gasteiger partial charge in [0.05, 0.1) is 5.56 Å². The molecule has 0 amide bonds. The zero-order chi connectivity index (χ0) is 14.7. The zero-order valence-electron chi connectivity index (χ0n) is 12.2. The topological polar surface area (TPSA) is 83.3 Å². The first-order valence-electron chi connectivity index (χ1n) is 6.70. The van der Waals surface area contributed by atoms with Crippen LogP contribution in [0.1, 0.15) is 49.9 Å². The summed E-state index contributed by atoms with van der Waals surface area (Å²) in [4.78, 5) is 16.2. The van der Waals surface area contributed by atoms with Crippen molar-refractivity contribution >= 4 is 0 Å². The van der Waals surface area contributed by atoms with Gasteiger partial charge in [-0.25, -0.2) is 0 Å². The van der Waals surface area contributed by atoms with E-state index in [0.717, 1.165) is 0 Å². The Labute approximate surface area is 116 Å². The van der Waals surface area contributed by atoms with Crippen LogP contribution in [0.25, 0.3) is 0 Å². The summed E-state index contributed by atoms with van der Waals surface area (Å²) in [6, 6.07) is 0. The highest BCUT2D eigenvalue weighted by atomic mass is 16.5. The molecular formula is C13H19N3O4. The van der Waals surface area contributed by atoms with Gasteiger partial charge in [-0.15, -0.1) is 0 Å². The van der Waals surface area contributed by atoms with E-state index in [4.69, 9.17) is 13.8 Å². The summed E-state index contributed by atoms with van der Waals surface area (Å²) in [5.41, 5.74) is 0.523. The van der Waals surface area contributed by atoms with Crippen molar-refractivity contribution in [3.8, 4) is 0 Å². The van der Waals surface area contributed by atoms with Crippen LogP contribution in [0.4, 0.5) is 0 Å². The van der Waals surface area contributed by atoms with Gasteiger partial charge in [0.1, 0.15) is 18.4 Å². The molecule has 2 rings (SSSR count). The third-order valence-electron chi connectivity index (χ3n) is 3.05. The molecular weight excluding hydrogens is 262 g/mol. The fraction of sp³-hybridized carbons (Fsp3) is 0.615. The van der Waals surface area contributed by atoms with Crippen molar-refractivity contribution in [3.05, 3.63) is 33.4 Å². The van der Waals surface area contributed by atoms with E-state index in [9.17, 15) is 4.79 Å². The van der Waals surface area contributed by atoms with Gasteiger partial charge >= 0.3 is 0 Å².